The van der Waals surface area contributed by atoms with Gasteiger partial charge in [0.15, 0.2) is 0 Å². The molecule has 0 aliphatic heterocycles. The minimum absolute atomic E-state index is 1.19. The second-order valence-electron chi connectivity index (χ2n) is 6.96. The average Bonchev–Trinajstić information content (AvgIpc) is 2.70. The predicted molar refractivity (Wildman–Crippen MR) is 96.3 cm³/mol. The lowest BCUT2D eigenvalue weighted by atomic mass is 10.1. The molecule has 2 nitrogen and oxygen atoms in total. The summed E-state index contributed by atoms with van der Waals surface area (Å²) in [4.78, 5) is 0. The molecule has 128 valence electrons. The summed E-state index contributed by atoms with van der Waals surface area (Å²) in [5.74, 6) is 1.39. The third-order valence-corrected chi connectivity index (χ3v) is 5.29. The lowest BCUT2D eigenvalue weighted by molar-refractivity contribution is -0.683. The van der Waals surface area contributed by atoms with Gasteiger partial charge in [0.05, 0.1) is 13.6 Å². The van der Waals surface area contributed by atoms with Gasteiger partial charge in [-0.1, -0.05) is 64.7 Å². The van der Waals surface area contributed by atoms with Crippen LogP contribution in [0.4, 0.5) is 0 Å². The maximum atomic E-state index is 2.49. The van der Waals surface area contributed by atoms with Crippen LogP contribution in [0.5, 0.6) is 0 Å². The standard InChI is InChI=1S/C20H39N2/c1-6-7-8-9-10-11-12-13-14-15-16-17-22-19(3)18(2)21(5)20(22)4/h6-17H2,1-5H3/q+1. The Bertz CT molecular complexity index is 392. The van der Waals surface area contributed by atoms with Gasteiger partial charge in [-0.3, -0.25) is 0 Å². The van der Waals surface area contributed by atoms with Crippen molar-refractivity contribution in [2.75, 3.05) is 0 Å². The van der Waals surface area contributed by atoms with Crippen molar-refractivity contribution >= 4 is 0 Å². The van der Waals surface area contributed by atoms with E-state index in [0.29, 0.717) is 0 Å². The Kier molecular flexibility index (Phi) is 9.50. The van der Waals surface area contributed by atoms with Gasteiger partial charge in [0.25, 0.3) is 5.82 Å². The second kappa shape index (κ2) is 10.9. The monoisotopic (exact) mass is 307 g/mol. The van der Waals surface area contributed by atoms with Crippen LogP contribution >= 0.6 is 0 Å². The van der Waals surface area contributed by atoms with Crippen LogP contribution in [0, 0.1) is 20.8 Å². The van der Waals surface area contributed by atoms with Crippen LogP contribution in [-0.2, 0) is 13.6 Å². The van der Waals surface area contributed by atoms with E-state index in [0.717, 1.165) is 0 Å². The lowest BCUT2D eigenvalue weighted by Gasteiger charge is -2.03. The molecule has 0 saturated heterocycles. The van der Waals surface area contributed by atoms with Gasteiger partial charge < -0.3 is 0 Å². The van der Waals surface area contributed by atoms with Crippen molar-refractivity contribution in [3.8, 4) is 0 Å². The smallest absolute Gasteiger partial charge is 0.234 e. The van der Waals surface area contributed by atoms with Crippen LogP contribution in [-0.4, -0.2) is 4.57 Å². The molecule has 1 heterocycles. The molecule has 0 saturated carbocycles. The van der Waals surface area contributed by atoms with E-state index in [1.54, 1.807) is 0 Å². The van der Waals surface area contributed by atoms with Gasteiger partial charge in [-0.2, -0.15) is 0 Å². The molecule has 22 heavy (non-hydrogen) atoms. The van der Waals surface area contributed by atoms with Crippen LogP contribution in [0.25, 0.3) is 0 Å². The average molecular weight is 308 g/mol. The van der Waals surface area contributed by atoms with Crippen LogP contribution in [0.3, 0.4) is 0 Å². The van der Waals surface area contributed by atoms with Crippen molar-refractivity contribution in [3.05, 3.63) is 17.2 Å². The predicted octanol–water partition coefficient (Wildman–Crippen LogP) is 5.55. The molecule has 0 N–H and O–H groups in total. The molecule has 0 aliphatic carbocycles. The van der Waals surface area contributed by atoms with Crippen LogP contribution in [0.2, 0.25) is 0 Å². The number of rotatable bonds is 12. The summed E-state index contributed by atoms with van der Waals surface area (Å²) in [5, 5.41) is 0. The van der Waals surface area contributed by atoms with Crippen molar-refractivity contribution in [3.63, 3.8) is 0 Å². The SMILES string of the molecule is CCCCCCCCCCCCCn1c(C)c(C)[n+](C)c1C. The summed E-state index contributed by atoms with van der Waals surface area (Å²) in [5.41, 5.74) is 2.84. The lowest BCUT2D eigenvalue weighted by Crippen LogP contribution is -2.33. The zero-order valence-corrected chi connectivity index (χ0v) is 15.9. The third-order valence-electron chi connectivity index (χ3n) is 5.29. The van der Waals surface area contributed by atoms with E-state index in [2.05, 4.69) is 43.9 Å². The fraction of sp³-hybridized carbons (Fsp3) is 0.850. The number of hydrogen-bond donors (Lipinski definition) is 0. The molecule has 2 heteroatoms. The molecule has 1 aromatic heterocycles. The van der Waals surface area contributed by atoms with Gasteiger partial charge in [-0.25, -0.2) is 9.13 Å². The Balaban J connectivity index is 2.03. The van der Waals surface area contributed by atoms with Crippen LogP contribution < -0.4 is 4.57 Å². The quantitative estimate of drug-likeness (QED) is 0.354. The fourth-order valence-corrected chi connectivity index (χ4v) is 3.37. The first kappa shape index (κ1) is 19.3. The fourth-order valence-electron chi connectivity index (χ4n) is 3.37. The van der Waals surface area contributed by atoms with E-state index in [1.165, 1.54) is 94.4 Å². The molecule has 0 unspecified atom stereocenters. The summed E-state index contributed by atoms with van der Waals surface area (Å²) in [7, 11) is 2.18. The van der Waals surface area contributed by atoms with Crippen molar-refractivity contribution in [1.82, 2.24) is 4.57 Å². The van der Waals surface area contributed by atoms with Crippen molar-refractivity contribution < 1.29 is 4.57 Å². The highest BCUT2D eigenvalue weighted by molar-refractivity contribution is 5.06. The Morgan fingerprint density at radius 1 is 0.727 bits per heavy atom. The molecular formula is C20H39N2+. The van der Waals surface area contributed by atoms with Crippen LogP contribution in [0.1, 0.15) is 94.8 Å². The first-order valence-corrected chi connectivity index (χ1v) is 9.61. The first-order chi connectivity index (χ1) is 10.6. The second-order valence-corrected chi connectivity index (χ2v) is 6.96. The zero-order chi connectivity index (χ0) is 16.4. The number of nitrogens with zero attached hydrogens (tertiary/aromatic N) is 2. The minimum Gasteiger partial charge on any atom is -0.234 e. The molecule has 0 amide bonds. The Hall–Kier alpha value is -0.790. The normalized spacial score (nSPS) is 11.3. The minimum atomic E-state index is 1.19. The molecule has 0 atom stereocenters. The summed E-state index contributed by atoms with van der Waals surface area (Å²) >= 11 is 0. The highest BCUT2D eigenvalue weighted by Gasteiger charge is 2.18. The van der Waals surface area contributed by atoms with Gasteiger partial charge in [0.1, 0.15) is 11.4 Å². The van der Waals surface area contributed by atoms with E-state index in [-0.39, 0.29) is 0 Å². The Morgan fingerprint density at radius 3 is 1.59 bits per heavy atom. The summed E-state index contributed by atoms with van der Waals surface area (Å²) in [6.45, 7) is 10.2. The molecule has 1 aromatic rings. The highest BCUT2D eigenvalue weighted by Crippen LogP contribution is 2.13. The van der Waals surface area contributed by atoms with E-state index in [9.17, 15) is 0 Å². The largest absolute Gasteiger partial charge is 0.253 e. The van der Waals surface area contributed by atoms with Gasteiger partial charge in [0, 0.05) is 20.8 Å². The maximum absolute atomic E-state index is 2.49. The Morgan fingerprint density at radius 2 is 1.18 bits per heavy atom. The topological polar surface area (TPSA) is 8.81 Å². The number of imidazole rings is 1. The number of unbranched alkanes of at least 4 members (excludes halogenated alkanes) is 10. The molecule has 1 rings (SSSR count). The van der Waals surface area contributed by atoms with Gasteiger partial charge in [-0.05, 0) is 12.8 Å². The first-order valence-electron chi connectivity index (χ1n) is 9.61. The molecule has 0 fully saturated rings. The summed E-state index contributed by atoms with van der Waals surface area (Å²) in [6.07, 6.45) is 15.6. The van der Waals surface area contributed by atoms with Crippen molar-refractivity contribution in [2.45, 2.75) is 105 Å². The maximum Gasteiger partial charge on any atom is 0.253 e. The molecule has 0 aliphatic rings. The highest BCUT2D eigenvalue weighted by atomic mass is 15.2. The van der Waals surface area contributed by atoms with Crippen LogP contribution in [0.15, 0.2) is 0 Å². The summed E-state index contributed by atoms with van der Waals surface area (Å²) in [6, 6.07) is 0. The molecule has 0 aromatic carbocycles. The number of aromatic nitrogens is 2. The van der Waals surface area contributed by atoms with Gasteiger partial charge >= 0.3 is 0 Å². The van der Waals surface area contributed by atoms with Crippen molar-refractivity contribution in [1.29, 1.82) is 0 Å². The number of hydrogen-bond acceptors (Lipinski definition) is 0. The zero-order valence-electron chi connectivity index (χ0n) is 15.9. The van der Waals surface area contributed by atoms with Gasteiger partial charge in [0.2, 0.25) is 0 Å². The molecule has 0 radical (unpaired) electrons. The van der Waals surface area contributed by atoms with Crippen molar-refractivity contribution in [2.24, 2.45) is 7.05 Å². The Labute approximate surface area is 138 Å². The third kappa shape index (κ3) is 6.14. The van der Waals surface area contributed by atoms with E-state index in [4.69, 9.17) is 0 Å². The molecule has 0 bridgehead atoms. The van der Waals surface area contributed by atoms with E-state index in [1.807, 2.05) is 0 Å². The molecule has 0 spiro atoms. The molecular weight excluding hydrogens is 268 g/mol. The van der Waals surface area contributed by atoms with E-state index < -0.39 is 0 Å². The van der Waals surface area contributed by atoms with Gasteiger partial charge in [-0.15, -0.1) is 0 Å². The summed E-state index contributed by atoms with van der Waals surface area (Å²) < 4.78 is 4.80. The van der Waals surface area contributed by atoms with E-state index >= 15 is 0 Å².